The van der Waals surface area contributed by atoms with Gasteiger partial charge in [-0.2, -0.15) is 0 Å². The first kappa shape index (κ1) is 14.9. The van der Waals surface area contributed by atoms with E-state index in [4.69, 9.17) is 17.3 Å². The van der Waals surface area contributed by atoms with E-state index in [1.165, 1.54) is 0 Å². The molecule has 1 atom stereocenters. The van der Waals surface area contributed by atoms with Crippen LogP contribution < -0.4 is 11.1 Å². The number of nitrogen functional groups attached to an aromatic ring is 1. The van der Waals surface area contributed by atoms with E-state index >= 15 is 0 Å². The van der Waals surface area contributed by atoms with Gasteiger partial charge in [0.05, 0.1) is 16.6 Å². The van der Waals surface area contributed by atoms with Crippen LogP contribution in [0, 0.1) is 0 Å². The molecule has 104 valence electrons. The number of nitrogens with one attached hydrogen (secondary N) is 1. The molecule has 0 saturated heterocycles. The van der Waals surface area contributed by atoms with Crippen molar-refractivity contribution in [3.63, 3.8) is 0 Å². The highest BCUT2D eigenvalue weighted by atomic mass is 79.9. The summed E-state index contributed by atoms with van der Waals surface area (Å²) in [4.78, 5) is 12.2. The van der Waals surface area contributed by atoms with Crippen LogP contribution >= 0.6 is 27.5 Å². The fraction of sp³-hybridized carbons (Fsp3) is 0.133. The Morgan fingerprint density at radius 3 is 2.50 bits per heavy atom. The Morgan fingerprint density at radius 2 is 1.90 bits per heavy atom. The van der Waals surface area contributed by atoms with Crippen LogP contribution in [0.1, 0.15) is 28.9 Å². The number of hydrogen-bond acceptors (Lipinski definition) is 2. The fourth-order valence-electron chi connectivity index (χ4n) is 1.82. The number of rotatable bonds is 3. The second-order valence-corrected chi connectivity index (χ2v) is 5.81. The predicted octanol–water partition coefficient (Wildman–Crippen LogP) is 4.18. The monoisotopic (exact) mass is 352 g/mol. The molecule has 0 aliphatic rings. The lowest BCUT2D eigenvalue weighted by molar-refractivity contribution is 0.0940. The molecule has 0 aliphatic carbocycles. The van der Waals surface area contributed by atoms with Crippen LogP contribution in [0.15, 0.2) is 46.9 Å². The highest BCUT2D eigenvalue weighted by Crippen LogP contribution is 2.21. The third-order valence-corrected chi connectivity index (χ3v) is 3.80. The molecule has 0 aliphatic heterocycles. The first-order valence-corrected chi connectivity index (χ1v) is 7.26. The first-order chi connectivity index (χ1) is 9.47. The quantitative estimate of drug-likeness (QED) is 0.813. The van der Waals surface area contributed by atoms with E-state index in [2.05, 4.69) is 21.2 Å². The van der Waals surface area contributed by atoms with Crippen LogP contribution in [0.25, 0.3) is 0 Å². The molecule has 0 spiro atoms. The molecule has 0 fully saturated rings. The van der Waals surface area contributed by atoms with Crippen molar-refractivity contribution in [1.29, 1.82) is 0 Å². The average Bonchev–Trinajstić information content (AvgIpc) is 2.39. The molecule has 2 aromatic rings. The molecule has 3 nitrogen and oxygen atoms in total. The number of anilines is 1. The first-order valence-electron chi connectivity index (χ1n) is 6.08. The highest BCUT2D eigenvalue weighted by molar-refractivity contribution is 9.10. The number of hydrogen-bond donors (Lipinski definition) is 2. The van der Waals surface area contributed by atoms with Crippen molar-refractivity contribution in [2.45, 2.75) is 13.0 Å². The van der Waals surface area contributed by atoms with Gasteiger partial charge in [0.2, 0.25) is 0 Å². The van der Waals surface area contributed by atoms with E-state index in [1.54, 1.807) is 18.2 Å². The van der Waals surface area contributed by atoms with Gasteiger partial charge in [0, 0.05) is 10.2 Å². The van der Waals surface area contributed by atoms with Gasteiger partial charge in [-0.3, -0.25) is 4.79 Å². The van der Waals surface area contributed by atoms with E-state index in [1.807, 2.05) is 31.2 Å². The second kappa shape index (κ2) is 6.29. The van der Waals surface area contributed by atoms with Gasteiger partial charge in [-0.15, -0.1) is 0 Å². The summed E-state index contributed by atoms with van der Waals surface area (Å²) >= 11 is 9.41. The smallest absolute Gasteiger partial charge is 0.253 e. The normalized spacial score (nSPS) is 11.9. The van der Waals surface area contributed by atoms with Crippen molar-refractivity contribution < 1.29 is 4.79 Å². The zero-order chi connectivity index (χ0) is 14.7. The van der Waals surface area contributed by atoms with Gasteiger partial charge in [-0.05, 0) is 42.8 Å². The van der Waals surface area contributed by atoms with Crippen molar-refractivity contribution in [3.8, 4) is 0 Å². The summed E-state index contributed by atoms with van der Waals surface area (Å²) in [5.41, 5.74) is 7.59. The van der Waals surface area contributed by atoms with E-state index in [-0.39, 0.29) is 11.9 Å². The van der Waals surface area contributed by atoms with Crippen LogP contribution in [0.4, 0.5) is 5.69 Å². The number of carbonyl (C=O) groups is 1. The van der Waals surface area contributed by atoms with Gasteiger partial charge < -0.3 is 11.1 Å². The fourth-order valence-corrected chi connectivity index (χ4v) is 2.36. The maximum Gasteiger partial charge on any atom is 0.253 e. The summed E-state index contributed by atoms with van der Waals surface area (Å²) in [6.07, 6.45) is 0. The lowest BCUT2D eigenvalue weighted by Gasteiger charge is -2.15. The summed E-state index contributed by atoms with van der Waals surface area (Å²) in [6.45, 7) is 1.92. The molecule has 1 amide bonds. The summed E-state index contributed by atoms with van der Waals surface area (Å²) in [5.74, 6) is -0.217. The molecular formula is C15H14BrClN2O. The standard InChI is InChI=1S/C15H14BrClN2O/c1-9(10-2-4-11(16)5-3-10)19-15(20)13-7-6-12(18)8-14(13)17/h2-9H,18H2,1H3,(H,19,20)/t9-/m0/s1. The van der Waals surface area contributed by atoms with Gasteiger partial charge in [-0.1, -0.05) is 39.7 Å². The van der Waals surface area contributed by atoms with E-state index in [0.29, 0.717) is 16.3 Å². The average molecular weight is 354 g/mol. The largest absolute Gasteiger partial charge is 0.399 e. The summed E-state index contributed by atoms with van der Waals surface area (Å²) < 4.78 is 1.00. The van der Waals surface area contributed by atoms with Crippen LogP contribution in [0.5, 0.6) is 0 Å². The zero-order valence-electron chi connectivity index (χ0n) is 10.9. The molecule has 2 rings (SSSR count). The van der Waals surface area contributed by atoms with Crippen molar-refractivity contribution >= 4 is 39.1 Å². The Kier molecular flexibility index (Phi) is 4.68. The van der Waals surface area contributed by atoms with E-state index < -0.39 is 0 Å². The van der Waals surface area contributed by atoms with Crippen LogP contribution in [0.2, 0.25) is 5.02 Å². The molecule has 0 aromatic heterocycles. The Hall–Kier alpha value is -1.52. The number of nitrogens with two attached hydrogens (primary N) is 1. The topological polar surface area (TPSA) is 55.1 Å². The van der Waals surface area contributed by atoms with Crippen LogP contribution in [-0.2, 0) is 0 Å². The zero-order valence-corrected chi connectivity index (χ0v) is 13.2. The minimum Gasteiger partial charge on any atom is -0.399 e. The second-order valence-electron chi connectivity index (χ2n) is 4.49. The predicted molar refractivity (Wildman–Crippen MR) is 85.9 cm³/mol. The minimum atomic E-state index is -0.217. The SMILES string of the molecule is C[C@H](NC(=O)c1ccc(N)cc1Cl)c1ccc(Br)cc1. The maximum atomic E-state index is 12.2. The van der Waals surface area contributed by atoms with Crippen LogP contribution in [-0.4, -0.2) is 5.91 Å². The van der Waals surface area contributed by atoms with Gasteiger partial charge in [0.15, 0.2) is 0 Å². The molecule has 5 heteroatoms. The lowest BCUT2D eigenvalue weighted by Crippen LogP contribution is -2.26. The molecule has 0 heterocycles. The van der Waals surface area contributed by atoms with Gasteiger partial charge >= 0.3 is 0 Å². The molecule has 2 aromatic carbocycles. The van der Waals surface area contributed by atoms with Crippen molar-refractivity contribution in [2.24, 2.45) is 0 Å². The Labute approximate surface area is 131 Å². The van der Waals surface area contributed by atoms with E-state index in [9.17, 15) is 4.79 Å². The Bertz CT molecular complexity index is 628. The highest BCUT2D eigenvalue weighted by Gasteiger charge is 2.14. The molecule has 0 unspecified atom stereocenters. The minimum absolute atomic E-state index is 0.107. The summed E-state index contributed by atoms with van der Waals surface area (Å²) in [7, 11) is 0. The molecular weight excluding hydrogens is 340 g/mol. The molecule has 0 bridgehead atoms. The van der Waals surface area contributed by atoms with Crippen molar-refractivity contribution in [2.75, 3.05) is 5.73 Å². The van der Waals surface area contributed by atoms with Gasteiger partial charge in [0.1, 0.15) is 0 Å². The van der Waals surface area contributed by atoms with Crippen molar-refractivity contribution in [3.05, 3.63) is 63.1 Å². The Balaban J connectivity index is 2.13. The summed E-state index contributed by atoms with van der Waals surface area (Å²) in [5, 5.41) is 3.27. The third-order valence-electron chi connectivity index (χ3n) is 2.96. The van der Waals surface area contributed by atoms with E-state index in [0.717, 1.165) is 10.0 Å². The molecule has 0 saturated carbocycles. The number of halogens is 2. The maximum absolute atomic E-state index is 12.2. The van der Waals surface area contributed by atoms with Gasteiger partial charge in [0.25, 0.3) is 5.91 Å². The number of carbonyl (C=O) groups excluding carboxylic acids is 1. The third kappa shape index (κ3) is 3.52. The Morgan fingerprint density at radius 1 is 1.25 bits per heavy atom. The lowest BCUT2D eigenvalue weighted by atomic mass is 10.1. The molecule has 3 N–H and O–H groups in total. The van der Waals surface area contributed by atoms with Crippen molar-refractivity contribution in [1.82, 2.24) is 5.32 Å². The number of benzene rings is 2. The molecule has 0 radical (unpaired) electrons. The molecule has 20 heavy (non-hydrogen) atoms. The van der Waals surface area contributed by atoms with Crippen LogP contribution in [0.3, 0.4) is 0 Å². The van der Waals surface area contributed by atoms with Gasteiger partial charge in [-0.25, -0.2) is 0 Å². The number of amides is 1. The summed E-state index contributed by atoms with van der Waals surface area (Å²) in [6, 6.07) is 12.5.